The zero-order valence-corrected chi connectivity index (χ0v) is 14.1. The molecule has 0 radical (unpaired) electrons. The zero-order chi connectivity index (χ0) is 14.6. The molecule has 1 amide bonds. The van der Waals surface area contributed by atoms with Crippen molar-refractivity contribution in [2.75, 3.05) is 5.32 Å². The highest BCUT2D eigenvalue weighted by molar-refractivity contribution is 9.10. The summed E-state index contributed by atoms with van der Waals surface area (Å²) in [6.07, 6.45) is 7.50. The summed E-state index contributed by atoms with van der Waals surface area (Å²) in [5.74, 6) is 2.71. The van der Waals surface area contributed by atoms with E-state index in [2.05, 4.69) is 40.3 Å². The Balaban J connectivity index is 1.57. The molecular formula is C18H22BrNO. The SMILES string of the molecule is Cc1cc(Br)cc(NC(=O)C23CC4CC(CC(C4)C2)C3)c1. The number of benzene rings is 1. The normalized spacial score (nSPS) is 36.8. The number of carbonyl (C=O) groups excluding carboxylic acids is 1. The van der Waals surface area contributed by atoms with Crippen molar-refractivity contribution in [1.82, 2.24) is 0 Å². The summed E-state index contributed by atoms with van der Waals surface area (Å²) in [5.41, 5.74) is 2.04. The molecule has 2 nitrogen and oxygen atoms in total. The van der Waals surface area contributed by atoms with Gasteiger partial charge in [0, 0.05) is 10.2 Å². The number of halogens is 1. The molecule has 1 N–H and O–H groups in total. The second kappa shape index (κ2) is 4.84. The van der Waals surface area contributed by atoms with Gasteiger partial charge >= 0.3 is 0 Å². The molecule has 0 aliphatic heterocycles. The lowest BCUT2D eigenvalue weighted by Gasteiger charge is -2.55. The maximum atomic E-state index is 13.0. The van der Waals surface area contributed by atoms with Gasteiger partial charge in [0.05, 0.1) is 5.41 Å². The molecule has 4 aliphatic rings. The van der Waals surface area contributed by atoms with Crippen LogP contribution in [0, 0.1) is 30.1 Å². The van der Waals surface area contributed by atoms with Gasteiger partial charge in [-0.3, -0.25) is 4.79 Å². The van der Waals surface area contributed by atoms with E-state index in [0.29, 0.717) is 0 Å². The van der Waals surface area contributed by atoms with Gasteiger partial charge in [0.25, 0.3) is 0 Å². The number of anilines is 1. The van der Waals surface area contributed by atoms with Crippen molar-refractivity contribution in [1.29, 1.82) is 0 Å². The standard InChI is InChI=1S/C18H22BrNO/c1-11-2-15(19)7-16(3-11)20-17(21)18-8-12-4-13(9-18)6-14(5-12)10-18/h2-3,7,12-14H,4-6,8-10H2,1H3,(H,20,21). The van der Waals surface area contributed by atoms with Gasteiger partial charge in [0.15, 0.2) is 0 Å². The Kier molecular flexibility index (Phi) is 3.18. The Morgan fingerprint density at radius 2 is 1.67 bits per heavy atom. The Bertz CT molecular complexity index is 539. The highest BCUT2D eigenvalue weighted by atomic mass is 79.9. The van der Waals surface area contributed by atoms with Crippen LogP contribution in [0.4, 0.5) is 5.69 Å². The molecule has 0 unspecified atom stereocenters. The van der Waals surface area contributed by atoms with Crippen LogP contribution in [0.3, 0.4) is 0 Å². The molecule has 4 saturated carbocycles. The first-order valence-corrected chi connectivity index (χ1v) is 8.90. The molecule has 0 heterocycles. The molecule has 4 aliphatic carbocycles. The van der Waals surface area contributed by atoms with Crippen molar-refractivity contribution in [3.63, 3.8) is 0 Å². The van der Waals surface area contributed by atoms with Crippen molar-refractivity contribution >= 4 is 27.5 Å². The molecule has 0 spiro atoms. The number of hydrogen-bond donors (Lipinski definition) is 1. The molecule has 3 heteroatoms. The lowest BCUT2D eigenvalue weighted by molar-refractivity contribution is -0.140. The van der Waals surface area contributed by atoms with Gasteiger partial charge in [-0.05, 0) is 87.0 Å². The highest BCUT2D eigenvalue weighted by Crippen LogP contribution is 2.60. The zero-order valence-electron chi connectivity index (χ0n) is 12.5. The number of hydrogen-bond acceptors (Lipinski definition) is 1. The van der Waals surface area contributed by atoms with E-state index in [0.717, 1.165) is 47.2 Å². The number of aryl methyl sites for hydroxylation is 1. The maximum absolute atomic E-state index is 13.0. The predicted molar refractivity (Wildman–Crippen MR) is 88.1 cm³/mol. The van der Waals surface area contributed by atoms with Gasteiger partial charge in [-0.15, -0.1) is 0 Å². The minimum Gasteiger partial charge on any atom is -0.326 e. The van der Waals surface area contributed by atoms with Gasteiger partial charge in [0.1, 0.15) is 0 Å². The maximum Gasteiger partial charge on any atom is 0.230 e. The fourth-order valence-corrected chi connectivity index (χ4v) is 6.07. The van der Waals surface area contributed by atoms with Crippen LogP contribution < -0.4 is 5.32 Å². The van der Waals surface area contributed by atoms with Crippen LogP contribution in [-0.2, 0) is 4.79 Å². The molecule has 1 aromatic rings. The monoisotopic (exact) mass is 347 g/mol. The summed E-state index contributed by atoms with van der Waals surface area (Å²) < 4.78 is 1.03. The highest BCUT2D eigenvalue weighted by Gasteiger charge is 2.54. The second-order valence-electron chi connectivity index (χ2n) is 7.67. The lowest BCUT2D eigenvalue weighted by Crippen LogP contribution is -2.51. The number of nitrogens with one attached hydrogen (secondary N) is 1. The number of rotatable bonds is 2. The van der Waals surface area contributed by atoms with Crippen molar-refractivity contribution in [3.8, 4) is 0 Å². The van der Waals surface area contributed by atoms with Gasteiger partial charge in [-0.2, -0.15) is 0 Å². The third-order valence-electron chi connectivity index (χ3n) is 5.82. The van der Waals surface area contributed by atoms with Crippen LogP contribution >= 0.6 is 15.9 Å². The van der Waals surface area contributed by atoms with E-state index in [1.165, 1.54) is 24.8 Å². The third kappa shape index (κ3) is 2.44. The summed E-state index contributed by atoms with van der Waals surface area (Å²) >= 11 is 3.52. The van der Waals surface area contributed by atoms with E-state index in [-0.39, 0.29) is 11.3 Å². The van der Waals surface area contributed by atoms with Gasteiger partial charge in [-0.1, -0.05) is 15.9 Å². The Morgan fingerprint density at radius 3 is 2.19 bits per heavy atom. The second-order valence-corrected chi connectivity index (χ2v) is 8.58. The number of amides is 1. The van der Waals surface area contributed by atoms with Gasteiger partial charge < -0.3 is 5.32 Å². The molecule has 21 heavy (non-hydrogen) atoms. The first-order valence-electron chi connectivity index (χ1n) is 8.11. The smallest absolute Gasteiger partial charge is 0.230 e. The average Bonchev–Trinajstić information content (AvgIpc) is 2.35. The van der Waals surface area contributed by atoms with Crippen molar-refractivity contribution in [2.45, 2.75) is 45.4 Å². The minimum absolute atomic E-state index is 0.0645. The van der Waals surface area contributed by atoms with E-state index >= 15 is 0 Å². The van der Waals surface area contributed by atoms with E-state index < -0.39 is 0 Å². The lowest BCUT2D eigenvalue weighted by atomic mass is 9.49. The van der Waals surface area contributed by atoms with Crippen LogP contribution in [0.2, 0.25) is 0 Å². The molecule has 5 rings (SSSR count). The van der Waals surface area contributed by atoms with Crippen LogP contribution in [0.25, 0.3) is 0 Å². The molecular weight excluding hydrogens is 326 g/mol. The number of carbonyl (C=O) groups is 1. The quantitative estimate of drug-likeness (QED) is 0.808. The fourth-order valence-electron chi connectivity index (χ4n) is 5.46. The molecule has 4 bridgehead atoms. The van der Waals surface area contributed by atoms with E-state index in [4.69, 9.17) is 0 Å². The van der Waals surface area contributed by atoms with Crippen LogP contribution in [-0.4, -0.2) is 5.91 Å². The largest absolute Gasteiger partial charge is 0.326 e. The summed E-state index contributed by atoms with van der Waals surface area (Å²) in [7, 11) is 0. The van der Waals surface area contributed by atoms with Crippen LogP contribution in [0.5, 0.6) is 0 Å². The fraction of sp³-hybridized carbons (Fsp3) is 0.611. The van der Waals surface area contributed by atoms with Crippen LogP contribution in [0.15, 0.2) is 22.7 Å². The van der Waals surface area contributed by atoms with Crippen molar-refractivity contribution < 1.29 is 4.79 Å². The van der Waals surface area contributed by atoms with Crippen molar-refractivity contribution in [3.05, 3.63) is 28.2 Å². The van der Waals surface area contributed by atoms with E-state index in [1.54, 1.807) is 0 Å². The van der Waals surface area contributed by atoms with Gasteiger partial charge in [-0.25, -0.2) is 0 Å². The molecule has 0 aromatic heterocycles. The predicted octanol–water partition coefficient (Wildman–Crippen LogP) is 4.91. The first-order chi connectivity index (χ1) is 10.0. The Morgan fingerprint density at radius 1 is 1.10 bits per heavy atom. The first kappa shape index (κ1) is 13.8. The summed E-state index contributed by atoms with van der Waals surface area (Å²) in [6.45, 7) is 2.06. The molecule has 1 aromatic carbocycles. The molecule has 0 atom stereocenters. The molecule has 4 fully saturated rings. The van der Waals surface area contributed by atoms with Gasteiger partial charge in [0.2, 0.25) is 5.91 Å². The topological polar surface area (TPSA) is 29.1 Å². The third-order valence-corrected chi connectivity index (χ3v) is 6.28. The summed E-state index contributed by atoms with van der Waals surface area (Å²) in [6, 6.07) is 6.13. The van der Waals surface area contributed by atoms with E-state index in [1.807, 2.05) is 6.07 Å². The van der Waals surface area contributed by atoms with Crippen LogP contribution in [0.1, 0.15) is 44.1 Å². The van der Waals surface area contributed by atoms with E-state index in [9.17, 15) is 4.79 Å². The molecule has 0 saturated heterocycles. The summed E-state index contributed by atoms with van der Waals surface area (Å²) in [4.78, 5) is 13.0. The molecule has 112 valence electrons. The van der Waals surface area contributed by atoms with Crippen molar-refractivity contribution in [2.24, 2.45) is 23.2 Å². The Hall–Kier alpha value is -0.830. The average molecular weight is 348 g/mol. The Labute approximate surface area is 134 Å². The summed E-state index contributed by atoms with van der Waals surface area (Å²) in [5, 5.41) is 3.21. The minimum atomic E-state index is -0.0645.